The van der Waals surface area contributed by atoms with E-state index in [1.807, 2.05) is 24.3 Å². The van der Waals surface area contributed by atoms with Crippen LogP contribution >= 0.6 is 15.9 Å². The van der Waals surface area contributed by atoms with Crippen molar-refractivity contribution < 1.29 is 0 Å². The van der Waals surface area contributed by atoms with Gasteiger partial charge in [0.1, 0.15) is 5.39 Å². The molecule has 2 heterocycles. The second kappa shape index (κ2) is 4.45. The number of aromatic amines is 1. The monoisotopic (exact) mass is 334 g/mol. The molecule has 0 bridgehead atoms. The molecule has 0 aliphatic heterocycles. The molecule has 1 aromatic carbocycles. The van der Waals surface area contributed by atoms with E-state index in [9.17, 15) is 9.59 Å². The van der Waals surface area contributed by atoms with Crippen molar-refractivity contribution in [1.82, 2.24) is 19.3 Å². The van der Waals surface area contributed by atoms with E-state index >= 15 is 0 Å². The molecule has 1 N–H and O–H groups in total. The van der Waals surface area contributed by atoms with Crippen LogP contribution < -0.4 is 11.2 Å². The molecule has 0 atom stereocenters. The van der Waals surface area contributed by atoms with Gasteiger partial charge in [0.2, 0.25) is 0 Å². The summed E-state index contributed by atoms with van der Waals surface area (Å²) in [5, 5.41) is 7.35. The van der Waals surface area contributed by atoms with E-state index in [1.165, 1.54) is 11.6 Å². The normalized spacial score (nSPS) is 11.2. The van der Waals surface area contributed by atoms with Gasteiger partial charge in [0, 0.05) is 24.1 Å². The Balaban J connectivity index is 2.43. The lowest BCUT2D eigenvalue weighted by atomic mass is 10.1. The van der Waals surface area contributed by atoms with E-state index < -0.39 is 5.69 Å². The van der Waals surface area contributed by atoms with Crippen LogP contribution in [-0.2, 0) is 14.1 Å². The largest absolute Gasteiger partial charge is 0.332 e. The summed E-state index contributed by atoms with van der Waals surface area (Å²) in [4.78, 5) is 24.2. The van der Waals surface area contributed by atoms with Crippen LogP contribution in [-0.4, -0.2) is 19.3 Å². The first kappa shape index (κ1) is 12.9. The summed E-state index contributed by atoms with van der Waals surface area (Å²) >= 11 is 3.37. The zero-order chi connectivity index (χ0) is 14.4. The third-order valence-corrected chi connectivity index (χ3v) is 3.82. The number of aryl methyl sites for hydroxylation is 1. The third kappa shape index (κ3) is 1.74. The van der Waals surface area contributed by atoms with Crippen LogP contribution in [0.3, 0.4) is 0 Å². The highest BCUT2D eigenvalue weighted by Crippen LogP contribution is 2.24. The van der Waals surface area contributed by atoms with E-state index in [2.05, 4.69) is 26.1 Å². The summed E-state index contributed by atoms with van der Waals surface area (Å²) in [5.41, 5.74) is 1.07. The maximum Gasteiger partial charge on any atom is 0.332 e. The van der Waals surface area contributed by atoms with E-state index in [-0.39, 0.29) is 5.56 Å². The molecule has 0 saturated carbocycles. The number of nitrogens with zero attached hydrogens (tertiary/aromatic N) is 3. The molecular weight excluding hydrogens is 324 g/mol. The highest BCUT2D eigenvalue weighted by Gasteiger charge is 2.16. The Kier molecular flexibility index (Phi) is 2.86. The molecule has 102 valence electrons. The van der Waals surface area contributed by atoms with Gasteiger partial charge in [-0.2, -0.15) is 5.10 Å². The Morgan fingerprint density at radius 2 is 1.75 bits per heavy atom. The van der Waals surface area contributed by atoms with Crippen molar-refractivity contribution >= 4 is 27.0 Å². The molecule has 2 aromatic heterocycles. The van der Waals surface area contributed by atoms with Crippen molar-refractivity contribution in [2.45, 2.75) is 0 Å². The number of benzene rings is 1. The van der Waals surface area contributed by atoms with Crippen molar-refractivity contribution in [2.75, 3.05) is 0 Å². The Morgan fingerprint density at radius 3 is 2.40 bits per heavy atom. The second-order valence-electron chi connectivity index (χ2n) is 4.51. The predicted molar refractivity (Wildman–Crippen MR) is 79.7 cm³/mol. The molecule has 0 aliphatic carbocycles. The van der Waals surface area contributed by atoms with E-state index in [0.717, 1.165) is 14.6 Å². The maximum absolute atomic E-state index is 12.3. The van der Waals surface area contributed by atoms with Gasteiger partial charge in [-0.05, 0) is 12.1 Å². The van der Waals surface area contributed by atoms with Crippen LogP contribution in [0.25, 0.3) is 22.3 Å². The number of H-pyrrole nitrogens is 1. The molecule has 0 saturated heterocycles. The van der Waals surface area contributed by atoms with Gasteiger partial charge in [-0.3, -0.25) is 19.0 Å². The van der Waals surface area contributed by atoms with Gasteiger partial charge in [-0.25, -0.2) is 4.79 Å². The van der Waals surface area contributed by atoms with Crippen molar-refractivity contribution in [3.63, 3.8) is 0 Å². The van der Waals surface area contributed by atoms with Crippen LogP contribution in [0.15, 0.2) is 38.3 Å². The first-order valence-corrected chi connectivity index (χ1v) is 6.70. The maximum atomic E-state index is 12.3. The van der Waals surface area contributed by atoms with Crippen molar-refractivity contribution in [3.8, 4) is 11.3 Å². The van der Waals surface area contributed by atoms with Gasteiger partial charge < -0.3 is 0 Å². The molecular formula is C13H11BrN4O2. The van der Waals surface area contributed by atoms with Gasteiger partial charge in [-0.15, -0.1) is 0 Å². The highest BCUT2D eigenvalue weighted by molar-refractivity contribution is 9.10. The minimum Gasteiger partial charge on any atom is -0.279 e. The third-order valence-electron chi connectivity index (χ3n) is 3.29. The summed E-state index contributed by atoms with van der Waals surface area (Å²) in [7, 11) is 3.05. The Labute approximate surface area is 121 Å². The Hall–Kier alpha value is -2.15. The van der Waals surface area contributed by atoms with Crippen LogP contribution in [0.5, 0.6) is 0 Å². The predicted octanol–water partition coefficient (Wildman–Crippen LogP) is 1.39. The molecule has 6 nitrogen and oxygen atoms in total. The van der Waals surface area contributed by atoms with E-state index in [1.54, 1.807) is 7.05 Å². The fourth-order valence-corrected chi connectivity index (χ4v) is 2.44. The molecule has 0 amide bonds. The number of halogens is 1. The number of nitrogens with one attached hydrogen (secondary N) is 1. The van der Waals surface area contributed by atoms with Crippen LogP contribution in [0.2, 0.25) is 0 Å². The molecule has 3 aromatic rings. The SMILES string of the molecule is Cn1c(=O)c2c(-c3ccc(Br)cc3)[nH]nc2n(C)c1=O. The molecule has 0 unspecified atom stereocenters. The zero-order valence-corrected chi connectivity index (χ0v) is 12.4. The van der Waals surface area contributed by atoms with Gasteiger partial charge in [0.05, 0.1) is 5.69 Å². The number of rotatable bonds is 1. The van der Waals surface area contributed by atoms with E-state index in [4.69, 9.17) is 0 Å². The average molecular weight is 335 g/mol. The minimum absolute atomic E-state index is 0.352. The van der Waals surface area contributed by atoms with Gasteiger partial charge in [0.25, 0.3) is 5.56 Å². The summed E-state index contributed by atoms with van der Waals surface area (Å²) in [5.74, 6) is 0. The van der Waals surface area contributed by atoms with Crippen molar-refractivity contribution in [3.05, 3.63) is 49.6 Å². The Bertz CT molecular complexity index is 918. The fourth-order valence-electron chi connectivity index (χ4n) is 2.17. The molecule has 20 heavy (non-hydrogen) atoms. The first-order chi connectivity index (χ1) is 9.50. The van der Waals surface area contributed by atoms with Crippen LogP contribution in [0.4, 0.5) is 0 Å². The second-order valence-corrected chi connectivity index (χ2v) is 5.43. The average Bonchev–Trinajstić information content (AvgIpc) is 2.88. The van der Waals surface area contributed by atoms with Gasteiger partial charge in [-0.1, -0.05) is 28.1 Å². The lowest BCUT2D eigenvalue weighted by Crippen LogP contribution is -2.36. The van der Waals surface area contributed by atoms with Crippen molar-refractivity contribution in [1.29, 1.82) is 0 Å². The summed E-state index contributed by atoms with van der Waals surface area (Å²) < 4.78 is 3.39. The van der Waals surface area contributed by atoms with Gasteiger partial charge >= 0.3 is 5.69 Å². The Morgan fingerprint density at radius 1 is 1.10 bits per heavy atom. The highest BCUT2D eigenvalue weighted by atomic mass is 79.9. The lowest BCUT2D eigenvalue weighted by Gasteiger charge is -2.03. The van der Waals surface area contributed by atoms with Crippen LogP contribution in [0, 0.1) is 0 Å². The summed E-state index contributed by atoms with van der Waals surface area (Å²) in [6.45, 7) is 0. The molecule has 0 fully saturated rings. The number of hydrogen-bond acceptors (Lipinski definition) is 3. The molecule has 3 rings (SSSR count). The lowest BCUT2D eigenvalue weighted by molar-refractivity contribution is 0.708. The van der Waals surface area contributed by atoms with Crippen molar-refractivity contribution in [2.24, 2.45) is 14.1 Å². The minimum atomic E-state index is -0.392. The topological polar surface area (TPSA) is 72.7 Å². The molecule has 0 aliphatic rings. The molecule has 7 heteroatoms. The smallest absolute Gasteiger partial charge is 0.279 e. The van der Waals surface area contributed by atoms with E-state index in [0.29, 0.717) is 16.7 Å². The van der Waals surface area contributed by atoms with Gasteiger partial charge in [0.15, 0.2) is 5.65 Å². The molecule has 0 radical (unpaired) electrons. The number of fused-ring (bicyclic) bond motifs is 1. The standard InChI is InChI=1S/C13H11BrN4O2/c1-17-11-9(12(19)18(2)13(17)20)10(15-16-11)7-3-5-8(14)6-4-7/h3-6H,1-2H3,(H,15,16). The quantitative estimate of drug-likeness (QED) is 0.730. The first-order valence-electron chi connectivity index (χ1n) is 5.90. The zero-order valence-electron chi connectivity index (χ0n) is 10.8. The number of hydrogen-bond donors (Lipinski definition) is 1. The molecule has 0 spiro atoms. The number of aromatic nitrogens is 4. The summed E-state index contributed by atoms with van der Waals surface area (Å²) in [6.07, 6.45) is 0. The fraction of sp³-hybridized carbons (Fsp3) is 0.154. The van der Waals surface area contributed by atoms with Crippen LogP contribution in [0.1, 0.15) is 0 Å². The summed E-state index contributed by atoms with van der Waals surface area (Å²) in [6, 6.07) is 7.52.